The van der Waals surface area contributed by atoms with Crippen LogP contribution in [0.1, 0.15) is 169 Å². The highest BCUT2D eigenvalue weighted by Crippen LogP contribution is 2.77. The fourth-order valence-corrected chi connectivity index (χ4v) is 25.9. The Morgan fingerprint density at radius 2 is 1.77 bits per heavy atom. The maximum absolute atomic E-state index is 15.2. The smallest absolute Gasteiger partial charge is 0.190 e. The summed E-state index contributed by atoms with van der Waals surface area (Å²) in [6, 6.07) is 0.139. The Kier molecular flexibility index (Phi) is 13.0. The molecule has 1 aliphatic heterocycles. The third-order valence-corrected chi connectivity index (χ3v) is 27.9. The first-order chi connectivity index (χ1) is 35.9. The topological polar surface area (TPSA) is 207 Å². The van der Waals surface area contributed by atoms with E-state index in [2.05, 4.69) is 41.8 Å². The van der Waals surface area contributed by atoms with Crippen molar-refractivity contribution in [3.8, 4) is 0 Å². The van der Waals surface area contributed by atoms with Crippen LogP contribution in [0, 0.1) is 86.8 Å². The van der Waals surface area contributed by atoms with E-state index in [0.29, 0.717) is 41.6 Å². The minimum absolute atomic E-state index is 0.0984. The molecule has 11 aliphatic carbocycles. The largest absolute Gasteiger partial charge is 0.396 e. The van der Waals surface area contributed by atoms with E-state index in [1.54, 1.807) is 29.7 Å². The van der Waals surface area contributed by atoms with Gasteiger partial charge in [0.25, 0.3) is 0 Å². The first kappa shape index (κ1) is 52.2. The minimum atomic E-state index is -1.64. The number of hydrogen-bond donors (Lipinski definition) is 8. The molecule has 0 amide bonds. The van der Waals surface area contributed by atoms with Crippen LogP contribution in [-0.4, -0.2) is 106 Å². The van der Waals surface area contributed by atoms with Crippen LogP contribution in [0.25, 0.3) is 0 Å². The van der Waals surface area contributed by atoms with Gasteiger partial charge >= 0.3 is 0 Å². The van der Waals surface area contributed by atoms with Crippen molar-refractivity contribution >= 4 is 33.3 Å². The second kappa shape index (κ2) is 18.7. The van der Waals surface area contributed by atoms with Crippen molar-refractivity contribution in [3.63, 3.8) is 0 Å². The van der Waals surface area contributed by atoms with Crippen molar-refractivity contribution in [1.29, 1.82) is 0 Å². The molecule has 6 bridgehead atoms. The first-order valence-corrected chi connectivity index (χ1v) is 32.3. The summed E-state index contributed by atoms with van der Waals surface area (Å²) >= 11 is 0. The van der Waals surface area contributed by atoms with Gasteiger partial charge in [-0.25, -0.2) is 4.98 Å². The molecule has 0 radical (unpaired) electrons. The molecule has 9 N–H and O–H groups in total. The van der Waals surface area contributed by atoms with E-state index in [1.807, 2.05) is 34.1 Å². The van der Waals surface area contributed by atoms with E-state index in [-0.39, 0.29) is 78.8 Å². The molecule has 412 valence electrons. The number of guanidine groups is 1. The predicted octanol–water partition coefficient (Wildman–Crippen LogP) is 8.82. The predicted molar refractivity (Wildman–Crippen MR) is 295 cm³/mol. The summed E-state index contributed by atoms with van der Waals surface area (Å²) < 4.78 is 1.95. The van der Waals surface area contributed by atoms with Crippen LogP contribution in [0.3, 0.4) is 0 Å². The number of fused-ring (bicyclic) bond motifs is 15. The average molecular weight is 1070 g/mol. The highest BCUT2D eigenvalue weighted by atomic mass is 33.1. The minimum Gasteiger partial charge on any atom is -0.396 e. The highest BCUT2D eigenvalue weighted by molar-refractivity contribution is 8.77. The van der Waals surface area contributed by atoms with E-state index in [0.717, 1.165) is 82.3 Å². The number of nitrogens with zero attached hydrogens (tertiary/aromatic N) is 3. The maximum atomic E-state index is 15.2. The van der Waals surface area contributed by atoms with Gasteiger partial charge in [-0.1, -0.05) is 90.3 Å². The second-order valence-electron chi connectivity index (χ2n) is 28.3. The number of carbonyl (C=O) groups is 1. The van der Waals surface area contributed by atoms with Crippen LogP contribution in [0.5, 0.6) is 0 Å². The number of nitrogens with two attached hydrogens (primary N) is 1. The molecule has 20 atom stereocenters. The number of aliphatic hydroxyl groups is 6. The van der Waals surface area contributed by atoms with Gasteiger partial charge in [-0.05, 0) is 185 Å². The standard InChI is InChI=1S/C61H89N5O7S2/c1-33(68)65-55(62)64-29-36-26-59(31-67)42-24-48(61(59,73)44-23-45(69)43-22-46(70)47(71)28-57(43,4)51(36)44)60(16-6-5-7-17-60)75-74-30-38(66-19-18-63-32-66)27-56(2,3)53-41-20-34-13-14-37-11-9-15-58(37,25-34)52(41)39-12-8-10-35-21-40(42)54(72)50(53)49(35)39/h18-19,23,32-38,40,42-43,46-48,50-52,54,67-68,70-73H,5-17,20-22,24-31H2,1-4H3,(H3,62,64,65). The molecule has 13 rings (SSSR count). The van der Waals surface area contributed by atoms with Crippen LogP contribution in [-0.2, 0) is 4.79 Å². The van der Waals surface area contributed by atoms with Crippen molar-refractivity contribution in [2.75, 3.05) is 18.9 Å². The third-order valence-electron chi connectivity index (χ3n) is 24.5. The zero-order chi connectivity index (χ0) is 52.2. The molecule has 12 nitrogen and oxygen atoms in total. The van der Waals surface area contributed by atoms with Gasteiger partial charge < -0.3 is 46.3 Å². The van der Waals surface area contributed by atoms with E-state index < -0.39 is 57.6 Å². The van der Waals surface area contributed by atoms with Gasteiger partial charge in [-0.2, -0.15) is 0 Å². The lowest BCUT2D eigenvalue weighted by Gasteiger charge is -2.65. The molecule has 1 saturated heterocycles. The molecule has 2 spiro atoms. The summed E-state index contributed by atoms with van der Waals surface area (Å²) in [5, 5.41) is 78.5. The fourth-order valence-electron chi connectivity index (χ4n) is 22.1. The Hall–Kier alpha value is -2.17. The molecule has 20 unspecified atom stereocenters. The van der Waals surface area contributed by atoms with Crippen molar-refractivity contribution in [2.24, 2.45) is 97.5 Å². The van der Waals surface area contributed by atoms with Crippen LogP contribution in [0.15, 0.2) is 57.7 Å². The Balaban J connectivity index is 1.04. The van der Waals surface area contributed by atoms with Gasteiger partial charge in [0, 0.05) is 64.6 Å². The molecule has 8 saturated carbocycles. The molecule has 14 heteroatoms. The molecule has 9 fully saturated rings. The summed E-state index contributed by atoms with van der Waals surface area (Å²) in [6.45, 7) is 8.67. The molecule has 1 aromatic heterocycles. The lowest BCUT2D eigenvalue weighted by atomic mass is 9.41. The maximum Gasteiger partial charge on any atom is 0.190 e. The fraction of sp³-hybridized carbons (Fsp3) is 0.820. The second-order valence-corrected chi connectivity index (χ2v) is 31.1. The van der Waals surface area contributed by atoms with E-state index in [9.17, 15) is 25.5 Å². The quantitative estimate of drug-likeness (QED) is 0.0458. The Labute approximate surface area is 453 Å². The van der Waals surface area contributed by atoms with Crippen LogP contribution in [0.2, 0.25) is 0 Å². The zero-order valence-electron chi connectivity index (χ0n) is 45.3. The van der Waals surface area contributed by atoms with Crippen LogP contribution >= 0.6 is 21.6 Å². The normalized spacial score (nSPS) is 48.1. The number of imidazole rings is 1. The Morgan fingerprint density at radius 1 is 0.960 bits per heavy atom. The monoisotopic (exact) mass is 1070 g/mol. The lowest BCUT2D eigenvalue weighted by molar-refractivity contribution is -0.189. The van der Waals surface area contributed by atoms with E-state index in [1.165, 1.54) is 44.1 Å². The van der Waals surface area contributed by atoms with Crippen molar-refractivity contribution < 1.29 is 35.4 Å². The molecule has 75 heavy (non-hydrogen) atoms. The van der Waals surface area contributed by atoms with Crippen LogP contribution < -0.4 is 11.1 Å². The molecule has 2 heterocycles. The Morgan fingerprint density at radius 3 is 2.53 bits per heavy atom. The number of aromatic nitrogens is 2. The van der Waals surface area contributed by atoms with Crippen LogP contribution in [0.4, 0.5) is 0 Å². The summed E-state index contributed by atoms with van der Waals surface area (Å²) in [7, 11) is 3.94. The van der Waals surface area contributed by atoms with Gasteiger partial charge in [0.05, 0.1) is 36.8 Å². The highest BCUT2D eigenvalue weighted by Gasteiger charge is 2.77. The summed E-state index contributed by atoms with van der Waals surface area (Å²) in [4.78, 5) is 24.7. The van der Waals surface area contributed by atoms with Gasteiger partial charge in [0.1, 0.15) is 6.23 Å². The molecule has 0 aromatic carbocycles. The number of aliphatic imine (C=N–C) groups is 1. The van der Waals surface area contributed by atoms with Crippen molar-refractivity contribution in [1.82, 2.24) is 14.9 Å². The number of carbonyl (C=O) groups excluding carboxylic acids is 1. The number of allylic oxidation sites excluding steroid dienone is 3. The van der Waals surface area contributed by atoms with Gasteiger partial charge in [-0.3, -0.25) is 9.79 Å². The van der Waals surface area contributed by atoms with Crippen molar-refractivity contribution in [2.45, 2.75) is 203 Å². The number of hydrogen-bond acceptors (Lipinski definition) is 11. The first-order valence-electron chi connectivity index (χ1n) is 30.0. The molecule has 1 aromatic rings. The molecule has 12 aliphatic rings. The summed E-state index contributed by atoms with van der Waals surface area (Å²) in [5.74, 6) is 0.748. The number of ketones is 1. The molecular formula is C61H89N5O7S2. The third kappa shape index (κ3) is 7.59. The lowest BCUT2D eigenvalue weighted by Crippen LogP contribution is -2.68. The summed E-state index contributed by atoms with van der Waals surface area (Å²) in [6.07, 6.45) is 24.8. The Bertz CT molecular complexity index is 2540. The van der Waals surface area contributed by atoms with Gasteiger partial charge in [0.2, 0.25) is 0 Å². The number of aliphatic hydroxyl groups excluding tert-OH is 5. The van der Waals surface area contributed by atoms with Crippen molar-refractivity contribution in [3.05, 3.63) is 52.7 Å². The summed E-state index contributed by atoms with van der Waals surface area (Å²) in [5.41, 5.74) is 10.2. The number of rotatable bonds is 5. The van der Waals surface area contributed by atoms with E-state index >= 15 is 9.90 Å². The van der Waals surface area contributed by atoms with Gasteiger partial charge in [-0.15, -0.1) is 0 Å². The number of nitrogens with one attached hydrogen (secondary N) is 1. The average Bonchev–Trinajstić information content (AvgIpc) is 4.12. The zero-order valence-corrected chi connectivity index (χ0v) is 47.0. The molecular weight excluding hydrogens is 979 g/mol. The SMILES string of the molecule is CC(O)NC(N)=NCC1CC2(CO)C3CC(C4(CCCCC4)SSCC(n4ccnc4)CC(C)(C)C4=C5CC6CCC7CCCC7(C6)C5C5=C6C(CCC5)CC3C(O)C64)C2(O)C2=CC(=O)C3CC(O)C(O)CC3(C)C21. The van der Waals surface area contributed by atoms with E-state index in [4.69, 9.17) is 10.7 Å². The van der Waals surface area contributed by atoms with Gasteiger partial charge in [0.15, 0.2) is 11.7 Å².